The van der Waals surface area contributed by atoms with Gasteiger partial charge in [-0.15, -0.1) is 0 Å². The number of hydrogen-bond donors (Lipinski definition) is 1. The number of hydrazone groups is 1. The number of benzene rings is 2. The van der Waals surface area contributed by atoms with Crippen molar-refractivity contribution in [2.45, 2.75) is 13.3 Å². The highest BCUT2D eigenvalue weighted by Gasteiger charge is 2.17. The summed E-state index contributed by atoms with van der Waals surface area (Å²) in [7, 11) is 4.46. The van der Waals surface area contributed by atoms with Crippen LogP contribution >= 0.6 is 23.2 Å². The van der Waals surface area contributed by atoms with Crippen LogP contribution in [0.4, 0.5) is 0 Å². The third kappa shape index (κ3) is 4.84. The highest BCUT2D eigenvalue weighted by Crippen LogP contribution is 2.38. The normalized spacial score (nSPS) is 11.1. The van der Waals surface area contributed by atoms with Gasteiger partial charge in [-0.3, -0.25) is 4.79 Å². The minimum Gasteiger partial charge on any atom is -0.493 e. The first kappa shape index (κ1) is 20.9. The Labute approximate surface area is 168 Å². The lowest BCUT2D eigenvalue weighted by atomic mass is 10.1. The first-order chi connectivity index (χ1) is 12.9. The van der Waals surface area contributed by atoms with Crippen LogP contribution < -0.4 is 19.6 Å². The average Bonchev–Trinajstić information content (AvgIpc) is 2.68. The molecule has 0 spiro atoms. The van der Waals surface area contributed by atoms with Crippen LogP contribution in [-0.4, -0.2) is 32.9 Å². The Bertz CT molecular complexity index is 844. The Kier molecular flexibility index (Phi) is 7.33. The molecule has 0 bridgehead atoms. The maximum Gasteiger partial charge on any atom is 0.271 e. The number of rotatable bonds is 7. The molecule has 0 aliphatic rings. The van der Waals surface area contributed by atoms with Crippen molar-refractivity contribution in [1.82, 2.24) is 5.43 Å². The molecule has 0 unspecified atom stereocenters. The van der Waals surface area contributed by atoms with Gasteiger partial charge in [0.2, 0.25) is 5.75 Å². The molecule has 8 heteroatoms. The zero-order valence-electron chi connectivity index (χ0n) is 15.4. The largest absolute Gasteiger partial charge is 0.493 e. The molecule has 144 valence electrons. The minimum atomic E-state index is -0.426. The molecular formula is C19H20Cl2N2O4. The van der Waals surface area contributed by atoms with Crippen LogP contribution in [0.1, 0.15) is 29.3 Å². The van der Waals surface area contributed by atoms with E-state index >= 15 is 0 Å². The monoisotopic (exact) mass is 410 g/mol. The Balaban J connectivity index is 2.31. The number of ether oxygens (including phenoxy) is 3. The van der Waals surface area contributed by atoms with Crippen molar-refractivity contribution in [2.24, 2.45) is 5.10 Å². The molecule has 1 N–H and O–H groups in total. The zero-order valence-corrected chi connectivity index (χ0v) is 16.9. The van der Waals surface area contributed by atoms with Crippen LogP contribution in [0.15, 0.2) is 35.4 Å². The van der Waals surface area contributed by atoms with Gasteiger partial charge in [0, 0.05) is 16.1 Å². The van der Waals surface area contributed by atoms with Gasteiger partial charge in [-0.1, -0.05) is 36.2 Å². The van der Waals surface area contributed by atoms with E-state index < -0.39 is 5.91 Å². The number of hydrogen-bond acceptors (Lipinski definition) is 5. The first-order valence-corrected chi connectivity index (χ1v) is 8.83. The summed E-state index contributed by atoms with van der Waals surface area (Å²) in [6.45, 7) is 1.91. The van der Waals surface area contributed by atoms with Crippen LogP contribution in [0.25, 0.3) is 0 Å². The van der Waals surface area contributed by atoms with E-state index in [9.17, 15) is 4.79 Å². The van der Waals surface area contributed by atoms with E-state index in [1.54, 1.807) is 30.3 Å². The highest BCUT2D eigenvalue weighted by atomic mass is 35.5. The first-order valence-electron chi connectivity index (χ1n) is 8.07. The maximum absolute atomic E-state index is 12.5. The Hall–Kier alpha value is -2.44. The molecule has 0 atom stereocenters. The van der Waals surface area contributed by atoms with Crippen molar-refractivity contribution in [3.8, 4) is 17.2 Å². The molecule has 2 aromatic rings. The van der Waals surface area contributed by atoms with E-state index in [0.717, 1.165) is 0 Å². The number of methoxy groups -OCH3 is 3. The Morgan fingerprint density at radius 2 is 1.67 bits per heavy atom. The number of nitrogens with one attached hydrogen (secondary N) is 1. The SMILES string of the molecule is CC/C(=N\NC(=O)c1cc(OC)c(OC)c(OC)c1)c1ccc(Cl)cc1Cl. The highest BCUT2D eigenvalue weighted by molar-refractivity contribution is 6.37. The van der Waals surface area contributed by atoms with E-state index in [2.05, 4.69) is 10.5 Å². The third-order valence-electron chi connectivity index (χ3n) is 3.80. The molecule has 0 radical (unpaired) electrons. The maximum atomic E-state index is 12.5. The topological polar surface area (TPSA) is 69.2 Å². The second-order valence-corrected chi connectivity index (χ2v) is 6.23. The van der Waals surface area contributed by atoms with E-state index in [-0.39, 0.29) is 0 Å². The van der Waals surface area contributed by atoms with Gasteiger partial charge in [0.15, 0.2) is 11.5 Å². The van der Waals surface area contributed by atoms with E-state index in [1.807, 2.05) is 6.92 Å². The van der Waals surface area contributed by atoms with Crippen molar-refractivity contribution >= 4 is 34.8 Å². The lowest BCUT2D eigenvalue weighted by molar-refractivity contribution is 0.0954. The van der Waals surface area contributed by atoms with Crippen molar-refractivity contribution in [3.05, 3.63) is 51.5 Å². The van der Waals surface area contributed by atoms with Gasteiger partial charge in [-0.2, -0.15) is 5.10 Å². The van der Waals surface area contributed by atoms with Crippen LogP contribution in [-0.2, 0) is 0 Å². The van der Waals surface area contributed by atoms with Crippen LogP contribution in [0.2, 0.25) is 10.0 Å². The fraction of sp³-hybridized carbons (Fsp3) is 0.263. The van der Waals surface area contributed by atoms with Crippen LogP contribution in [0.5, 0.6) is 17.2 Å². The number of carbonyl (C=O) groups is 1. The molecule has 1 amide bonds. The molecule has 2 aromatic carbocycles. The lowest BCUT2D eigenvalue weighted by Crippen LogP contribution is -2.20. The standard InChI is InChI=1S/C19H20Cl2N2O4/c1-5-15(13-7-6-12(20)10-14(13)21)22-23-19(24)11-8-16(25-2)18(27-4)17(9-11)26-3/h6-10H,5H2,1-4H3,(H,23,24)/b22-15+. The molecule has 0 aromatic heterocycles. The number of amides is 1. The number of halogens is 2. The van der Waals surface area contributed by atoms with E-state index in [1.165, 1.54) is 21.3 Å². The van der Waals surface area contributed by atoms with Crippen LogP contribution in [0.3, 0.4) is 0 Å². The van der Waals surface area contributed by atoms with Crippen molar-refractivity contribution in [3.63, 3.8) is 0 Å². The predicted octanol–water partition coefficient (Wildman–Crippen LogP) is 4.56. The lowest BCUT2D eigenvalue weighted by Gasteiger charge is -2.13. The van der Waals surface area contributed by atoms with Gasteiger partial charge >= 0.3 is 0 Å². The van der Waals surface area contributed by atoms with Gasteiger partial charge in [-0.25, -0.2) is 5.43 Å². The van der Waals surface area contributed by atoms with Crippen LogP contribution in [0, 0.1) is 0 Å². The van der Waals surface area contributed by atoms with E-state index in [4.69, 9.17) is 37.4 Å². The average molecular weight is 411 g/mol. The molecular weight excluding hydrogens is 391 g/mol. The molecule has 0 saturated carbocycles. The van der Waals surface area contributed by atoms with Crippen molar-refractivity contribution in [1.29, 1.82) is 0 Å². The van der Waals surface area contributed by atoms with Gasteiger partial charge in [0.05, 0.1) is 32.1 Å². The second kappa shape index (κ2) is 9.48. The molecule has 0 aliphatic heterocycles. The van der Waals surface area contributed by atoms with Gasteiger partial charge in [0.1, 0.15) is 0 Å². The smallest absolute Gasteiger partial charge is 0.271 e. The van der Waals surface area contributed by atoms with Crippen molar-refractivity contribution in [2.75, 3.05) is 21.3 Å². The predicted molar refractivity (Wildman–Crippen MR) is 107 cm³/mol. The summed E-state index contributed by atoms with van der Waals surface area (Å²) in [6, 6.07) is 8.21. The summed E-state index contributed by atoms with van der Waals surface area (Å²) >= 11 is 12.1. The van der Waals surface area contributed by atoms with Crippen molar-refractivity contribution < 1.29 is 19.0 Å². The second-order valence-electron chi connectivity index (χ2n) is 5.39. The summed E-state index contributed by atoms with van der Waals surface area (Å²) in [5.41, 5.74) is 4.17. The number of nitrogens with zero attached hydrogens (tertiary/aromatic N) is 1. The van der Waals surface area contributed by atoms with Gasteiger partial charge < -0.3 is 14.2 Å². The molecule has 0 saturated heterocycles. The summed E-state index contributed by atoms with van der Waals surface area (Å²) in [6.07, 6.45) is 0.566. The summed E-state index contributed by atoms with van der Waals surface area (Å²) in [5, 5.41) is 5.20. The minimum absolute atomic E-state index is 0.311. The molecule has 2 rings (SSSR count). The Morgan fingerprint density at radius 3 is 2.15 bits per heavy atom. The fourth-order valence-corrected chi connectivity index (χ4v) is 2.97. The number of carbonyl (C=O) groups excluding carboxylic acids is 1. The Morgan fingerprint density at radius 1 is 1.04 bits per heavy atom. The van der Waals surface area contributed by atoms with Gasteiger partial charge in [0.25, 0.3) is 5.91 Å². The third-order valence-corrected chi connectivity index (χ3v) is 4.34. The zero-order chi connectivity index (χ0) is 20.0. The molecule has 0 fully saturated rings. The summed E-state index contributed by atoms with van der Waals surface area (Å²) in [4.78, 5) is 12.5. The molecule has 0 aliphatic carbocycles. The molecule has 6 nitrogen and oxygen atoms in total. The summed E-state index contributed by atoms with van der Waals surface area (Å²) in [5.74, 6) is 0.734. The summed E-state index contributed by atoms with van der Waals surface area (Å²) < 4.78 is 15.8. The van der Waals surface area contributed by atoms with E-state index in [0.29, 0.717) is 50.6 Å². The quantitative estimate of drug-likeness (QED) is 0.536. The fourth-order valence-electron chi connectivity index (χ4n) is 2.45. The molecule has 0 heterocycles. The van der Waals surface area contributed by atoms with Gasteiger partial charge in [-0.05, 0) is 30.7 Å². The molecule has 27 heavy (non-hydrogen) atoms.